The molecule has 0 saturated carbocycles. The lowest BCUT2D eigenvalue weighted by molar-refractivity contribution is 0.277. The normalized spacial score (nSPS) is 20.8. The second kappa shape index (κ2) is 2.18. The van der Waals surface area contributed by atoms with Crippen LogP contribution in [0.5, 0.6) is 0 Å². The minimum atomic E-state index is 0.722. The Kier molecular flexibility index (Phi) is 1.21. The molecule has 1 nitrogen and oxygen atoms in total. The van der Waals surface area contributed by atoms with Gasteiger partial charge >= 0.3 is 0 Å². The summed E-state index contributed by atoms with van der Waals surface area (Å²) in [5, 5.41) is 0. The predicted molar refractivity (Wildman–Crippen MR) is 40.4 cm³/mol. The molecule has 0 bridgehead atoms. The average Bonchev–Trinajstić information content (AvgIpc) is 2.28. The van der Waals surface area contributed by atoms with Crippen molar-refractivity contribution in [2.24, 2.45) is 0 Å². The number of fused-ring (bicyclic) bond motifs is 1. The molecule has 0 N–H and O–H groups in total. The topological polar surface area (TPSA) is 9.23 Å². The van der Waals surface area contributed by atoms with Gasteiger partial charge in [-0.25, -0.2) is 0 Å². The van der Waals surface area contributed by atoms with Crippen LogP contribution < -0.4 is 0 Å². The summed E-state index contributed by atoms with van der Waals surface area (Å²) >= 11 is 0. The van der Waals surface area contributed by atoms with Crippen molar-refractivity contribution in [3.63, 3.8) is 0 Å². The van der Waals surface area contributed by atoms with Crippen LogP contribution >= 0.6 is 0 Å². The molecule has 1 aliphatic heterocycles. The molecule has 1 aliphatic carbocycles. The lowest BCUT2D eigenvalue weighted by Crippen LogP contribution is -1.81. The first-order valence-corrected chi connectivity index (χ1v) is 3.35. The highest BCUT2D eigenvalue weighted by atomic mass is 16.5. The fraction of sp³-hybridized carbons (Fsp3) is 0.111. The van der Waals surface area contributed by atoms with E-state index in [-0.39, 0.29) is 0 Å². The summed E-state index contributed by atoms with van der Waals surface area (Å²) in [6.45, 7) is 0.722. The zero-order valence-electron chi connectivity index (χ0n) is 5.58. The summed E-state index contributed by atoms with van der Waals surface area (Å²) in [5.74, 6) is 0.991. The highest BCUT2D eigenvalue weighted by Gasteiger charge is 2.08. The fourth-order valence-electron chi connectivity index (χ4n) is 1.07. The molecule has 0 aromatic heterocycles. The van der Waals surface area contributed by atoms with Gasteiger partial charge in [0.15, 0.2) is 0 Å². The van der Waals surface area contributed by atoms with Crippen LogP contribution in [-0.4, -0.2) is 6.61 Å². The molecule has 0 unspecified atom stereocenters. The van der Waals surface area contributed by atoms with E-state index in [1.165, 1.54) is 5.57 Å². The third-order valence-corrected chi connectivity index (χ3v) is 1.57. The van der Waals surface area contributed by atoms with Crippen molar-refractivity contribution in [1.29, 1.82) is 0 Å². The van der Waals surface area contributed by atoms with E-state index in [1.807, 2.05) is 24.3 Å². The van der Waals surface area contributed by atoms with Crippen LogP contribution in [0.2, 0.25) is 0 Å². The summed E-state index contributed by atoms with van der Waals surface area (Å²) in [6.07, 6.45) is 12.1. The van der Waals surface area contributed by atoms with Gasteiger partial charge in [0.2, 0.25) is 0 Å². The van der Waals surface area contributed by atoms with Gasteiger partial charge in [-0.1, -0.05) is 24.3 Å². The molecule has 0 atom stereocenters. The molecule has 0 fully saturated rings. The van der Waals surface area contributed by atoms with Crippen LogP contribution in [0.25, 0.3) is 0 Å². The molecular formula is C9H8O. The molecule has 0 amide bonds. The van der Waals surface area contributed by atoms with Crippen LogP contribution in [0.1, 0.15) is 0 Å². The molecule has 50 valence electrons. The van der Waals surface area contributed by atoms with E-state index in [4.69, 9.17) is 4.74 Å². The fourth-order valence-corrected chi connectivity index (χ4v) is 1.07. The molecule has 2 rings (SSSR count). The Bertz CT molecular complexity index is 254. The average molecular weight is 132 g/mol. The second-order valence-corrected chi connectivity index (χ2v) is 2.25. The largest absolute Gasteiger partial charge is 0.489 e. The van der Waals surface area contributed by atoms with Crippen molar-refractivity contribution in [3.05, 3.63) is 47.8 Å². The molecule has 1 heteroatoms. The van der Waals surface area contributed by atoms with Crippen molar-refractivity contribution in [3.8, 4) is 0 Å². The summed E-state index contributed by atoms with van der Waals surface area (Å²) in [6, 6.07) is 0. The lowest BCUT2D eigenvalue weighted by atomic mass is 10.2. The van der Waals surface area contributed by atoms with Crippen molar-refractivity contribution in [1.82, 2.24) is 0 Å². The van der Waals surface area contributed by atoms with Crippen LogP contribution in [0.4, 0.5) is 0 Å². The van der Waals surface area contributed by atoms with Gasteiger partial charge in [-0.05, 0) is 12.2 Å². The number of hydrogen-bond acceptors (Lipinski definition) is 1. The number of rotatable bonds is 0. The van der Waals surface area contributed by atoms with Gasteiger partial charge in [-0.3, -0.25) is 0 Å². The van der Waals surface area contributed by atoms with Gasteiger partial charge in [-0.15, -0.1) is 0 Å². The Morgan fingerprint density at radius 2 is 2.20 bits per heavy atom. The zero-order valence-corrected chi connectivity index (χ0v) is 5.58. The number of ether oxygens (including phenoxy) is 1. The molecule has 2 aliphatic rings. The molecular weight excluding hydrogens is 124 g/mol. The first-order chi connectivity index (χ1) is 4.97. The summed E-state index contributed by atoms with van der Waals surface area (Å²) in [5.41, 5.74) is 1.20. The Hall–Kier alpha value is -1.24. The molecule has 0 aromatic rings. The van der Waals surface area contributed by atoms with Gasteiger partial charge in [0.25, 0.3) is 0 Å². The number of hydrogen-bond donors (Lipinski definition) is 0. The molecule has 1 heterocycles. The minimum absolute atomic E-state index is 0.722. The summed E-state index contributed by atoms with van der Waals surface area (Å²) in [4.78, 5) is 0. The maximum absolute atomic E-state index is 5.30. The molecule has 0 radical (unpaired) electrons. The van der Waals surface area contributed by atoms with Crippen LogP contribution in [-0.2, 0) is 4.74 Å². The molecule has 10 heavy (non-hydrogen) atoms. The second-order valence-electron chi connectivity index (χ2n) is 2.25. The third kappa shape index (κ3) is 0.798. The van der Waals surface area contributed by atoms with E-state index in [1.54, 1.807) is 0 Å². The van der Waals surface area contributed by atoms with Crippen molar-refractivity contribution < 1.29 is 4.74 Å². The van der Waals surface area contributed by atoms with E-state index < -0.39 is 0 Å². The van der Waals surface area contributed by atoms with Crippen molar-refractivity contribution in [2.75, 3.05) is 6.61 Å². The van der Waals surface area contributed by atoms with Gasteiger partial charge in [0, 0.05) is 5.57 Å². The SMILES string of the molecule is C1=CC=C2OCC=C2C=C1. The molecule has 0 aromatic carbocycles. The number of allylic oxidation sites excluding steroid dienone is 5. The van der Waals surface area contributed by atoms with E-state index >= 15 is 0 Å². The Balaban J connectivity index is 2.42. The lowest BCUT2D eigenvalue weighted by Gasteiger charge is -1.96. The third-order valence-electron chi connectivity index (χ3n) is 1.57. The highest BCUT2D eigenvalue weighted by Crippen LogP contribution is 2.20. The summed E-state index contributed by atoms with van der Waals surface area (Å²) < 4.78 is 5.30. The maximum Gasteiger partial charge on any atom is 0.126 e. The smallest absolute Gasteiger partial charge is 0.126 e. The quantitative estimate of drug-likeness (QED) is 0.489. The maximum atomic E-state index is 5.30. The van der Waals surface area contributed by atoms with Gasteiger partial charge in [0.05, 0.1) is 0 Å². The first-order valence-electron chi connectivity index (χ1n) is 3.35. The van der Waals surface area contributed by atoms with Crippen LogP contribution in [0, 0.1) is 0 Å². The van der Waals surface area contributed by atoms with Gasteiger partial charge in [-0.2, -0.15) is 0 Å². The predicted octanol–water partition coefficient (Wildman–Crippen LogP) is 1.95. The molecule has 0 saturated heterocycles. The van der Waals surface area contributed by atoms with Crippen LogP contribution in [0.3, 0.4) is 0 Å². The molecule has 0 spiro atoms. The zero-order chi connectivity index (χ0) is 6.81. The first kappa shape index (κ1) is 5.54. The van der Waals surface area contributed by atoms with Crippen molar-refractivity contribution in [2.45, 2.75) is 0 Å². The highest BCUT2D eigenvalue weighted by molar-refractivity contribution is 5.44. The summed E-state index contributed by atoms with van der Waals surface area (Å²) in [7, 11) is 0. The van der Waals surface area contributed by atoms with Gasteiger partial charge in [0.1, 0.15) is 12.4 Å². The van der Waals surface area contributed by atoms with Crippen LogP contribution in [0.15, 0.2) is 47.8 Å². The minimum Gasteiger partial charge on any atom is -0.489 e. The van der Waals surface area contributed by atoms with Gasteiger partial charge < -0.3 is 4.74 Å². The van der Waals surface area contributed by atoms with E-state index in [0.717, 1.165) is 12.4 Å². The Labute approximate surface area is 60.0 Å². The van der Waals surface area contributed by atoms with E-state index in [2.05, 4.69) is 12.2 Å². The van der Waals surface area contributed by atoms with E-state index in [0.29, 0.717) is 0 Å². The van der Waals surface area contributed by atoms with Crippen molar-refractivity contribution >= 4 is 0 Å². The Morgan fingerprint density at radius 1 is 1.20 bits per heavy atom. The van der Waals surface area contributed by atoms with E-state index in [9.17, 15) is 0 Å². The Morgan fingerprint density at radius 3 is 3.20 bits per heavy atom. The monoisotopic (exact) mass is 132 g/mol. The standard InChI is InChI=1S/C9H8O/c1-2-4-8-6-7-10-9(8)5-3-1/h1-6H,7H2.